The van der Waals surface area contributed by atoms with Crippen LogP contribution in [0.1, 0.15) is 33.1 Å². The molecule has 76 valence electrons. The fraction of sp³-hybridized carbons (Fsp3) is 0.900. The molecular formula is C10H18O3. The van der Waals surface area contributed by atoms with Gasteiger partial charge >= 0.3 is 0 Å². The molecule has 0 radical (unpaired) electrons. The first-order chi connectivity index (χ1) is 6.10. The predicted octanol–water partition coefficient (Wildman–Crippen LogP) is 1.55. The van der Waals surface area contributed by atoms with E-state index in [2.05, 4.69) is 0 Å². The van der Waals surface area contributed by atoms with Gasteiger partial charge < -0.3 is 9.47 Å². The van der Waals surface area contributed by atoms with Gasteiger partial charge in [-0.1, -0.05) is 0 Å². The van der Waals surface area contributed by atoms with Gasteiger partial charge in [0.1, 0.15) is 12.2 Å². The lowest BCUT2D eigenvalue weighted by Gasteiger charge is -2.38. The Kier molecular flexibility index (Phi) is 3.45. The number of methoxy groups -OCH3 is 1. The molecule has 0 saturated heterocycles. The van der Waals surface area contributed by atoms with Crippen molar-refractivity contribution >= 4 is 5.78 Å². The molecule has 0 aromatic carbocycles. The standard InChI is InChI=1S/C10H18O3/c1-8(2)13-7-9(11)10(12-3)5-4-6-10/h8H,4-7H2,1-3H3. The molecule has 0 N–H and O–H groups in total. The minimum Gasteiger partial charge on any atom is -0.371 e. The molecule has 1 saturated carbocycles. The summed E-state index contributed by atoms with van der Waals surface area (Å²) >= 11 is 0. The number of hydrogen-bond acceptors (Lipinski definition) is 3. The van der Waals surface area contributed by atoms with Gasteiger partial charge in [0, 0.05) is 7.11 Å². The minimum atomic E-state index is -0.505. The van der Waals surface area contributed by atoms with Crippen molar-refractivity contribution in [2.45, 2.75) is 44.8 Å². The van der Waals surface area contributed by atoms with Gasteiger partial charge in [-0.3, -0.25) is 4.79 Å². The van der Waals surface area contributed by atoms with Gasteiger partial charge in [0.05, 0.1) is 6.10 Å². The number of rotatable bonds is 5. The van der Waals surface area contributed by atoms with Crippen LogP contribution in [0, 0.1) is 0 Å². The third-order valence-corrected chi connectivity index (χ3v) is 2.61. The largest absolute Gasteiger partial charge is 0.371 e. The van der Waals surface area contributed by atoms with E-state index >= 15 is 0 Å². The predicted molar refractivity (Wildman–Crippen MR) is 49.7 cm³/mol. The molecule has 0 bridgehead atoms. The summed E-state index contributed by atoms with van der Waals surface area (Å²) in [5.41, 5.74) is -0.505. The lowest BCUT2D eigenvalue weighted by atomic mass is 9.77. The maximum absolute atomic E-state index is 11.6. The summed E-state index contributed by atoms with van der Waals surface area (Å²) in [6.45, 7) is 4.03. The van der Waals surface area contributed by atoms with E-state index in [1.54, 1.807) is 7.11 Å². The van der Waals surface area contributed by atoms with Crippen LogP contribution in [-0.4, -0.2) is 31.2 Å². The fourth-order valence-corrected chi connectivity index (χ4v) is 1.47. The van der Waals surface area contributed by atoms with Crippen molar-refractivity contribution < 1.29 is 14.3 Å². The Hall–Kier alpha value is -0.410. The molecule has 1 rings (SSSR count). The van der Waals surface area contributed by atoms with Crippen LogP contribution >= 0.6 is 0 Å². The summed E-state index contributed by atoms with van der Waals surface area (Å²) in [4.78, 5) is 11.6. The topological polar surface area (TPSA) is 35.5 Å². The Balaban J connectivity index is 2.37. The third kappa shape index (κ3) is 2.29. The maximum Gasteiger partial charge on any atom is 0.190 e. The normalized spacial score (nSPS) is 20.0. The van der Waals surface area contributed by atoms with Gasteiger partial charge in [-0.2, -0.15) is 0 Å². The monoisotopic (exact) mass is 186 g/mol. The van der Waals surface area contributed by atoms with Gasteiger partial charge in [-0.15, -0.1) is 0 Å². The van der Waals surface area contributed by atoms with Gasteiger partial charge in [0.15, 0.2) is 5.78 Å². The number of carbonyl (C=O) groups is 1. The van der Waals surface area contributed by atoms with Crippen molar-refractivity contribution in [2.24, 2.45) is 0 Å². The summed E-state index contributed by atoms with van der Waals surface area (Å²) < 4.78 is 10.5. The lowest BCUT2D eigenvalue weighted by molar-refractivity contribution is -0.157. The molecular weight excluding hydrogens is 168 g/mol. The van der Waals surface area contributed by atoms with Gasteiger partial charge in [-0.05, 0) is 33.1 Å². The van der Waals surface area contributed by atoms with E-state index in [1.807, 2.05) is 13.8 Å². The van der Waals surface area contributed by atoms with E-state index in [9.17, 15) is 4.79 Å². The first-order valence-electron chi connectivity index (χ1n) is 4.81. The quantitative estimate of drug-likeness (QED) is 0.653. The highest BCUT2D eigenvalue weighted by atomic mass is 16.5. The van der Waals surface area contributed by atoms with Gasteiger partial charge in [-0.25, -0.2) is 0 Å². The summed E-state index contributed by atoms with van der Waals surface area (Å²) in [5.74, 6) is 0.0925. The Labute approximate surface area is 79.4 Å². The lowest BCUT2D eigenvalue weighted by Crippen LogP contribution is -2.49. The second-order valence-corrected chi connectivity index (χ2v) is 3.83. The smallest absolute Gasteiger partial charge is 0.190 e. The van der Waals surface area contributed by atoms with Crippen molar-refractivity contribution in [2.75, 3.05) is 13.7 Å². The van der Waals surface area contributed by atoms with E-state index in [-0.39, 0.29) is 18.5 Å². The van der Waals surface area contributed by atoms with E-state index in [0.29, 0.717) is 0 Å². The van der Waals surface area contributed by atoms with E-state index in [1.165, 1.54) is 0 Å². The minimum absolute atomic E-state index is 0.0925. The fourth-order valence-electron chi connectivity index (χ4n) is 1.47. The van der Waals surface area contributed by atoms with Crippen LogP contribution in [0.15, 0.2) is 0 Å². The van der Waals surface area contributed by atoms with Crippen LogP contribution in [0.3, 0.4) is 0 Å². The molecule has 3 nitrogen and oxygen atoms in total. The SMILES string of the molecule is COC1(C(=O)COC(C)C)CCC1. The number of carbonyl (C=O) groups excluding carboxylic acids is 1. The average molecular weight is 186 g/mol. The van der Waals surface area contributed by atoms with Crippen molar-refractivity contribution in [1.29, 1.82) is 0 Å². The molecule has 1 fully saturated rings. The van der Waals surface area contributed by atoms with Crippen molar-refractivity contribution in [3.8, 4) is 0 Å². The maximum atomic E-state index is 11.6. The van der Waals surface area contributed by atoms with Crippen molar-refractivity contribution in [3.63, 3.8) is 0 Å². The zero-order valence-corrected chi connectivity index (χ0v) is 8.63. The first kappa shape index (κ1) is 10.7. The molecule has 0 amide bonds. The van der Waals surface area contributed by atoms with Crippen molar-refractivity contribution in [1.82, 2.24) is 0 Å². The molecule has 1 aliphatic rings. The van der Waals surface area contributed by atoms with Crippen LogP contribution in [0.25, 0.3) is 0 Å². The van der Waals surface area contributed by atoms with E-state index < -0.39 is 5.60 Å². The Morgan fingerprint density at radius 2 is 2.08 bits per heavy atom. The highest BCUT2D eigenvalue weighted by Gasteiger charge is 2.43. The van der Waals surface area contributed by atoms with E-state index in [4.69, 9.17) is 9.47 Å². The van der Waals surface area contributed by atoms with E-state index in [0.717, 1.165) is 19.3 Å². The molecule has 0 aliphatic heterocycles. The van der Waals surface area contributed by atoms with Crippen LogP contribution in [-0.2, 0) is 14.3 Å². The van der Waals surface area contributed by atoms with Crippen molar-refractivity contribution in [3.05, 3.63) is 0 Å². The summed E-state index contributed by atoms with van der Waals surface area (Å²) in [6.07, 6.45) is 2.90. The van der Waals surface area contributed by atoms with Gasteiger partial charge in [0.25, 0.3) is 0 Å². The summed E-state index contributed by atoms with van der Waals surface area (Å²) in [6, 6.07) is 0. The molecule has 0 aromatic rings. The second kappa shape index (κ2) is 4.20. The number of Topliss-reactive ketones (excluding diaryl/α,β-unsaturated/α-hetero) is 1. The average Bonchev–Trinajstić information content (AvgIpc) is 2.00. The van der Waals surface area contributed by atoms with Crippen LogP contribution in [0.4, 0.5) is 0 Å². The highest BCUT2D eigenvalue weighted by Crippen LogP contribution is 2.35. The number of ketones is 1. The zero-order chi connectivity index (χ0) is 9.90. The van der Waals surface area contributed by atoms with Crippen LogP contribution in [0.2, 0.25) is 0 Å². The molecule has 0 heterocycles. The molecule has 0 unspecified atom stereocenters. The first-order valence-corrected chi connectivity index (χ1v) is 4.81. The summed E-state index contributed by atoms with van der Waals surface area (Å²) in [7, 11) is 1.60. The third-order valence-electron chi connectivity index (χ3n) is 2.61. The Morgan fingerprint density at radius 3 is 2.38 bits per heavy atom. The summed E-state index contributed by atoms with van der Waals surface area (Å²) in [5, 5.41) is 0. The Bertz CT molecular complexity index is 177. The molecule has 13 heavy (non-hydrogen) atoms. The van der Waals surface area contributed by atoms with Crippen LogP contribution < -0.4 is 0 Å². The van der Waals surface area contributed by atoms with Gasteiger partial charge in [0.2, 0.25) is 0 Å². The highest BCUT2D eigenvalue weighted by molar-refractivity contribution is 5.89. The molecule has 0 spiro atoms. The second-order valence-electron chi connectivity index (χ2n) is 3.83. The number of ether oxygens (including phenoxy) is 2. The molecule has 0 aromatic heterocycles. The molecule has 0 atom stereocenters. The molecule has 1 aliphatic carbocycles. The van der Waals surface area contributed by atoms with Crippen LogP contribution in [0.5, 0.6) is 0 Å². The molecule has 3 heteroatoms. The Morgan fingerprint density at radius 1 is 1.46 bits per heavy atom. The zero-order valence-electron chi connectivity index (χ0n) is 8.63. The number of hydrogen-bond donors (Lipinski definition) is 0.